The fraction of sp³-hybridized carbons (Fsp3) is 0.375. The first-order chi connectivity index (χ1) is 14.0. The smallest absolute Gasteiger partial charge is 0.344 e. The minimum absolute atomic E-state index is 0.176. The fourth-order valence-electron chi connectivity index (χ4n) is 4.36. The third kappa shape index (κ3) is 3.75. The van der Waals surface area contributed by atoms with Crippen molar-refractivity contribution in [2.75, 3.05) is 20.2 Å². The van der Waals surface area contributed by atoms with E-state index in [9.17, 15) is 9.90 Å². The van der Waals surface area contributed by atoms with Crippen LogP contribution in [0.1, 0.15) is 30.9 Å². The maximum atomic E-state index is 12.9. The first-order valence-electron chi connectivity index (χ1n) is 10.1. The van der Waals surface area contributed by atoms with Crippen LogP contribution < -0.4 is 10.4 Å². The molecule has 0 radical (unpaired) electrons. The molecule has 1 unspecified atom stereocenters. The normalized spacial score (nSPS) is 17.6. The summed E-state index contributed by atoms with van der Waals surface area (Å²) < 4.78 is 11.0. The number of hydrogen-bond acceptors (Lipinski definition) is 5. The van der Waals surface area contributed by atoms with Gasteiger partial charge in [-0.25, -0.2) is 4.79 Å². The zero-order chi connectivity index (χ0) is 20.5. The molecule has 0 amide bonds. The van der Waals surface area contributed by atoms with Gasteiger partial charge in [-0.15, -0.1) is 0 Å². The molecule has 0 aliphatic carbocycles. The molecule has 3 aromatic rings. The van der Waals surface area contributed by atoms with Crippen molar-refractivity contribution in [2.45, 2.75) is 33.2 Å². The molecule has 1 N–H and O–H groups in total. The van der Waals surface area contributed by atoms with Crippen molar-refractivity contribution in [2.24, 2.45) is 5.92 Å². The number of ether oxygens (including phenoxy) is 1. The minimum Gasteiger partial charge on any atom is -0.507 e. The fourth-order valence-corrected chi connectivity index (χ4v) is 4.36. The van der Waals surface area contributed by atoms with E-state index in [1.54, 1.807) is 13.2 Å². The molecule has 1 aromatic heterocycles. The molecule has 0 spiro atoms. The van der Waals surface area contributed by atoms with Crippen LogP contribution >= 0.6 is 0 Å². The van der Waals surface area contributed by atoms with Gasteiger partial charge in [0.15, 0.2) is 0 Å². The molecule has 0 bridgehead atoms. The highest BCUT2D eigenvalue weighted by Crippen LogP contribution is 2.34. The van der Waals surface area contributed by atoms with Gasteiger partial charge >= 0.3 is 5.63 Å². The van der Waals surface area contributed by atoms with Crippen molar-refractivity contribution >= 4 is 11.0 Å². The summed E-state index contributed by atoms with van der Waals surface area (Å²) in [5, 5.41) is 11.4. The Morgan fingerprint density at radius 1 is 1.21 bits per heavy atom. The Labute approximate surface area is 170 Å². The number of hydrogen-bond donors (Lipinski definition) is 1. The molecule has 5 nitrogen and oxygen atoms in total. The second-order valence-corrected chi connectivity index (χ2v) is 8.04. The summed E-state index contributed by atoms with van der Waals surface area (Å²) in [5.74, 6) is 1.55. The van der Waals surface area contributed by atoms with Gasteiger partial charge in [0.25, 0.3) is 0 Å². The lowest BCUT2D eigenvalue weighted by molar-refractivity contribution is 0.175. The van der Waals surface area contributed by atoms with E-state index in [2.05, 4.69) is 11.8 Å². The van der Waals surface area contributed by atoms with Crippen LogP contribution in [0.5, 0.6) is 11.5 Å². The molecule has 2 aromatic carbocycles. The number of aromatic hydroxyl groups is 1. The van der Waals surface area contributed by atoms with Crippen LogP contribution in [0.25, 0.3) is 22.1 Å². The van der Waals surface area contributed by atoms with Crippen molar-refractivity contribution in [3.63, 3.8) is 0 Å². The third-order valence-corrected chi connectivity index (χ3v) is 5.92. The summed E-state index contributed by atoms with van der Waals surface area (Å²) in [6.45, 7) is 6.75. The van der Waals surface area contributed by atoms with E-state index in [4.69, 9.17) is 9.15 Å². The van der Waals surface area contributed by atoms with Gasteiger partial charge in [-0.2, -0.15) is 0 Å². The predicted molar refractivity (Wildman–Crippen MR) is 115 cm³/mol. The summed E-state index contributed by atoms with van der Waals surface area (Å²) >= 11 is 0. The molecule has 29 heavy (non-hydrogen) atoms. The number of likely N-dealkylation sites (tertiary alicyclic amines) is 1. The Bertz CT molecular complexity index is 1080. The maximum absolute atomic E-state index is 12.9. The van der Waals surface area contributed by atoms with Crippen LogP contribution in [0.4, 0.5) is 0 Å². The number of rotatable bonds is 4. The van der Waals surface area contributed by atoms with E-state index >= 15 is 0 Å². The average molecular weight is 393 g/mol. The molecule has 1 aliphatic heterocycles. The number of aryl methyl sites for hydroxylation is 1. The molecule has 4 rings (SSSR count). The van der Waals surface area contributed by atoms with E-state index < -0.39 is 0 Å². The molecule has 0 saturated carbocycles. The van der Waals surface area contributed by atoms with Crippen molar-refractivity contribution < 1.29 is 14.3 Å². The second kappa shape index (κ2) is 7.91. The number of phenols is 1. The van der Waals surface area contributed by atoms with Crippen LogP contribution in [0.2, 0.25) is 0 Å². The highest BCUT2D eigenvalue weighted by molar-refractivity contribution is 5.89. The molecular weight excluding hydrogens is 366 g/mol. The van der Waals surface area contributed by atoms with Gasteiger partial charge in [0.2, 0.25) is 0 Å². The molecule has 152 valence electrons. The lowest BCUT2D eigenvalue weighted by atomic mass is 9.96. The molecule has 1 saturated heterocycles. The molecule has 5 heteroatoms. The Balaban J connectivity index is 1.81. The topological polar surface area (TPSA) is 62.9 Å². The van der Waals surface area contributed by atoms with Gasteiger partial charge in [0.05, 0.1) is 18.2 Å². The molecular formula is C24H27NO4. The van der Waals surface area contributed by atoms with Gasteiger partial charge in [-0.3, -0.25) is 4.90 Å². The highest BCUT2D eigenvalue weighted by Gasteiger charge is 2.22. The number of benzene rings is 2. The first-order valence-corrected chi connectivity index (χ1v) is 10.1. The Morgan fingerprint density at radius 2 is 1.97 bits per heavy atom. The van der Waals surface area contributed by atoms with Crippen LogP contribution in [0.15, 0.2) is 45.6 Å². The van der Waals surface area contributed by atoms with Crippen LogP contribution in [0.3, 0.4) is 0 Å². The third-order valence-electron chi connectivity index (χ3n) is 5.92. The maximum Gasteiger partial charge on any atom is 0.344 e. The zero-order valence-electron chi connectivity index (χ0n) is 17.2. The number of fused-ring (bicyclic) bond motifs is 1. The Kier molecular flexibility index (Phi) is 5.33. The summed E-state index contributed by atoms with van der Waals surface area (Å²) in [4.78, 5) is 15.3. The first kappa shape index (κ1) is 19.5. The molecule has 2 heterocycles. The van der Waals surface area contributed by atoms with Crippen molar-refractivity contribution in [1.29, 1.82) is 0 Å². The standard InChI is InChI=1S/C24H27NO4/c1-15-5-4-12-25(13-15)14-20-21(26)11-10-19-16(2)22(24(27)29-23(19)20)17-6-8-18(28-3)9-7-17/h6-11,15,26H,4-5,12-14H2,1-3H3. The van der Waals surface area contributed by atoms with E-state index in [0.29, 0.717) is 29.2 Å². The lowest BCUT2D eigenvalue weighted by Crippen LogP contribution is -2.33. The van der Waals surface area contributed by atoms with Crippen LogP contribution in [0, 0.1) is 12.8 Å². The monoisotopic (exact) mass is 393 g/mol. The van der Waals surface area contributed by atoms with Crippen LogP contribution in [-0.2, 0) is 6.54 Å². The molecule has 1 atom stereocenters. The quantitative estimate of drug-likeness (QED) is 0.650. The second-order valence-electron chi connectivity index (χ2n) is 8.04. The van der Waals surface area contributed by atoms with Gasteiger partial charge in [0.1, 0.15) is 17.1 Å². The Morgan fingerprint density at radius 3 is 2.66 bits per heavy atom. The van der Waals surface area contributed by atoms with E-state index in [-0.39, 0.29) is 11.4 Å². The SMILES string of the molecule is COc1ccc(-c2c(C)c3ccc(O)c(CN4CCCC(C)C4)c3oc2=O)cc1. The van der Waals surface area contributed by atoms with Crippen molar-refractivity contribution in [1.82, 2.24) is 4.90 Å². The van der Waals surface area contributed by atoms with E-state index in [1.807, 2.05) is 37.3 Å². The van der Waals surface area contributed by atoms with Gasteiger partial charge in [-0.1, -0.05) is 19.1 Å². The summed E-state index contributed by atoms with van der Waals surface area (Å²) in [7, 11) is 1.61. The van der Waals surface area contributed by atoms with Gasteiger partial charge in [-0.05, 0) is 67.6 Å². The van der Waals surface area contributed by atoms with Gasteiger partial charge < -0.3 is 14.3 Å². The van der Waals surface area contributed by atoms with Crippen molar-refractivity contribution in [3.8, 4) is 22.6 Å². The van der Waals surface area contributed by atoms with Gasteiger partial charge in [0, 0.05) is 18.5 Å². The minimum atomic E-state index is -0.390. The summed E-state index contributed by atoms with van der Waals surface area (Å²) in [5.41, 5.74) is 2.98. The van der Waals surface area contributed by atoms with Crippen molar-refractivity contribution in [3.05, 3.63) is 57.9 Å². The number of nitrogens with zero attached hydrogens (tertiary/aromatic N) is 1. The van der Waals surface area contributed by atoms with Crippen LogP contribution in [-0.4, -0.2) is 30.2 Å². The van der Waals surface area contributed by atoms with E-state index in [0.717, 1.165) is 41.8 Å². The average Bonchev–Trinajstić information content (AvgIpc) is 2.71. The largest absolute Gasteiger partial charge is 0.507 e. The predicted octanol–water partition coefficient (Wildman–Crippen LogP) is 4.71. The summed E-state index contributed by atoms with van der Waals surface area (Å²) in [6, 6.07) is 10.9. The molecule has 1 fully saturated rings. The number of piperidine rings is 1. The lowest BCUT2D eigenvalue weighted by Gasteiger charge is -2.31. The van der Waals surface area contributed by atoms with E-state index in [1.165, 1.54) is 6.42 Å². The number of phenolic OH excluding ortho intramolecular Hbond substituents is 1. The number of methoxy groups -OCH3 is 1. The Hall–Kier alpha value is -2.79. The molecule has 1 aliphatic rings. The highest BCUT2D eigenvalue weighted by atomic mass is 16.5. The summed E-state index contributed by atoms with van der Waals surface area (Å²) in [6.07, 6.45) is 2.38. The zero-order valence-corrected chi connectivity index (χ0v) is 17.2.